The highest BCUT2D eigenvalue weighted by atomic mass is 16.2. The number of nitrogens with zero attached hydrogens (tertiary/aromatic N) is 1. The predicted molar refractivity (Wildman–Crippen MR) is 92.4 cm³/mol. The number of H-pyrrole nitrogens is 1. The molecule has 1 aliphatic heterocycles. The fourth-order valence-electron chi connectivity index (χ4n) is 3.90. The van der Waals surface area contributed by atoms with Crippen molar-refractivity contribution < 1.29 is 9.59 Å². The fraction of sp³-hybridized carbons (Fsp3) is 0.474. The third-order valence-corrected chi connectivity index (χ3v) is 5.31. The van der Waals surface area contributed by atoms with Gasteiger partial charge in [-0.3, -0.25) is 9.59 Å². The summed E-state index contributed by atoms with van der Waals surface area (Å²) in [7, 11) is 0. The van der Waals surface area contributed by atoms with E-state index in [9.17, 15) is 9.59 Å². The molecule has 2 aliphatic rings. The zero-order valence-electron chi connectivity index (χ0n) is 13.8. The lowest BCUT2D eigenvalue weighted by Crippen LogP contribution is -2.52. The van der Waals surface area contributed by atoms with Crippen LogP contribution in [0.4, 0.5) is 0 Å². The zero-order valence-corrected chi connectivity index (χ0v) is 13.8. The van der Waals surface area contributed by atoms with Crippen molar-refractivity contribution in [1.29, 1.82) is 0 Å². The first-order valence-electron chi connectivity index (χ1n) is 8.90. The van der Waals surface area contributed by atoms with Crippen LogP contribution in [0.25, 0.3) is 10.9 Å². The molecule has 4 rings (SSSR count). The van der Waals surface area contributed by atoms with Crippen LogP contribution < -0.4 is 5.32 Å². The van der Waals surface area contributed by atoms with E-state index in [2.05, 4.69) is 10.3 Å². The molecule has 0 unspecified atom stereocenters. The maximum atomic E-state index is 13.0. The summed E-state index contributed by atoms with van der Waals surface area (Å²) >= 11 is 0. The SMILES string of the molecule is O=C(NC1CCCCC1)[C@@H](c1c[nH]c2ccccc12)N1CCC1=O. The second kappa shape index (κ2) is 6.30. The van der Waals surface area contributed by atoms with Gasteiger partial charge in [-0.15, -0.1) is 0 Å². The van der Waals surface area contributed by atoms with Crippen molar-refractivity contribution in [3.8, 4) is 0 Å². The van der Waals surface area contributed by atoms with Crippen LogP contribution in [-0.2, 0) is 9.59 Å². The first-order chi connectivity index (χ1) is 11.7. The third kappa shape index (κ3) is 2.68. The minimum atomic E-state index is -0.524. The van der Waals surface area contributed by atoms with Crippen molar-refractivity contribution in [3.63, 3.8) is 0 Å². The lowest BCUT2D eigenvalue weighted by Gasteiger charge is -2.38. The number of nitrogens with one attached hydrogen (secondary N) is 2. The Hall–Kier alpha value is -2.30. The molecule has 2 amide bonds. The van der Waals surface area contributed by atoms with Gasteiger partial charge in [-0.2, -0.15) is 0 Å². The van der Waals surface area contributed by atoms with Crippen LogP contribution in [0.15, 0.2) is 30.5 Å². The number of benzene rings is 1. The molecule has 1 aromatic carbocycles. The Bertz CT molecular complexity index is 761. The molecule has 2 aromatic rings. The van der Waals surface area contributed by atoms with Gasteiger partial charge in [0, 0.05) is 41.7 Å². The van der Waals surface area contributed by atoms with Gasteiger partial charge in [0.1, 0.15) is 6.04 Å². The molecule has 1 aliphatic carbocycles. The van der Waals surface area contributed by atoms with Crippen LogP contribution in [-0.4, -0.2) is 34.3 Å². The fourth-order valence-corrected chi connectivity index (χ4v) is 3.90. The summed E-state index contributed by atoms with van der Waals surface area (Å²) in [5.74, 6) is 0.0174. The Balaban J connectivity index is 1.64. The molecule has 0 bridgehead atoms. The second-order valence-corrected chi connectivity index (χ2v) is 6.87. The van der Waals surface area contributed by atoms with Gasteiger partial charge in [0.2, 0.25) is 11.8 Å². The number of amides is 2. The van der Waals surface area contributed by atoms with Crippen molar-refractivity contribution in [2.45, 2.75) is 50.6 Å². The summed E-state index contributed by atoms with van der Waals surface area (Å²) in [5, 5.41) is 4.21. The minimum absolute atomic E-state index is 0.0419. The van der Waals surface area contributed by atoms with Crippen molar-refractivity contribution in [2.24, 2.45) is 0 Å². The van der Waals surface area contributed by atoms with Gasteiger partial charge < -0.3 is 15.2 Å². The summed E-state index contributed by atoms with van der Waals surface area (Å²) in [5.41, 5.74) is 1.89. The molecule has 126 valence electrons. The minimum Gasteiger partial charge on any atom is -0.361 e. The Morgan fingerprint density at radius 2 is 2.00 bits per heavy atom. The number of carbonyl (C=O) groups excluding carboxylic acids is 2. The van der Waals surface area contributed by atoms with Crippen LogP contribution >= 0.6 is 0 Å². The molecular formula is C19H23N3O2. The Morgan fingerprint density at radius 1 is 1.21 bits per heavy atom. The van der Waals surface area contributed by atoms with E-state index in [1.807, 2.05) is 30.5 Å². The number of β-lactam (4-membered cyclic amide) rings is 1. The molecule has 0 radical (unpaired) electrons. The Kier molecular flexibility index (Phi) is 4.00. The van der Waals surface area contributed by atoms with Crippen molar-refractivity contribution in [2.75, 3.05) is 6.54 Å². The van der Waals surface area contributed by atoms with E-state index in [-0.39, 0.29) is 17.9 Å². The molecule has 2 N–H and O–H groups in total. The van der Waals surface area contributed by atoms with Crippen LogP contribution in [0, 0.1) is 0 Å². The monoisotopic (exact) mass is 325 g/mol. The van der Waals surface area contributed by atoms with Gasteiger partial charge in [-0.1, -0.05) is 37.5 Å². The molecule has 5 heteroatoms. The van der Waals surface area contributed by atoms with Crippen molar-refractivity contribution >= 4 is 22.7 Å². The van der Waals surface area contributed by atoms with E-state index in [1.54, 1.807) is 4.90 Å². The molecule has 24 heavy (non-hydrogen) atoms. The van der Waals surface area contributed by atoms with Crippen LogP contribution in [0.2, 0.25) is 0 Å². The smallest absolute Gasteiger partial charge is 0.247 e. The Morgan fingerprint density at radius 3 is 2.71 bits per heavy atom. The molecule has 0 spiro atoms. The molecule has 1 atom stereocenters. The van der Waals surface area contributed by atoms with E-state index < -0.39 is 6.04 Å². The number of hydrogen-bond acceptors (Lipinski definition) is 2. The van der Waals surface area contributed by atoms with E-state index >= 15 is 0 Å². The molecule has 5 nitrogen and oxygen atoms in total. The van der Waals surface area contributed by atoms with E-state index in [0.29, 0.717) is 13.0 Å². The summed E-state index contributed by atoms with van der Waals surface area (Å²) in [6.45, 7) is 0.654. The number of hydrogen-bond donors (Lipinski definition) is 2. The van der Waals surface area contributed by atoms with E-state index in [1.165, 1.54) is 19.3 Å². The number of rotatable bonds is 4. The zero-order chi connectivity index (χ0) is 16.5. The second-order valence-electron chi connectivity index (χ2n) is 6.87. The highest BCUT2D eigenvalue weighted by Gasteiger charge is 2.38. The quantitative estimate of drug-likeness (QED) is 0.849. The van der Waals surface area contributed by atoms with Gasteiger partial charge in [0.05, 0.1) is 0 Å². The molecular weight excluding hydrogens is 302 g/mol. The first kappa shape index (κ1) is 15.2. The topological polar surface area (TPSA) is 65.2 Å². The predicted octanol–water partition coefficient (Wildman–Crippen LogP) is 2.89. The summed E-state index contributed by atoms with van der Waals surface area (Å²) in [6, 6.07) is 7.65. The highest BCUT2D eigenvalue weighted by molar-refractivity contribution is 5.96. The molecule has 1 saturated carbocycles. The van der Waals surface area contributed by atoms with Crippen LogP contribution in [0.5, 0.6) is 0 Å². The maximum absolute atomic E-state index is 13.0. The van der Waals surface area contributed by atoms with E-state index in [0.717, 1.165) is 29.3 Å². The van der Waals surface area contributed by atoms with Gasteiger partial charge in [-0.05, 0) is 18.9 Å². The summed E-state index contributed by atoms with van der Waals surface area (Å²) in [4.78, 5) is 30.0. The summed E-state index contributed by atoms with van der Waals surface area (Å²) in [6.07, 6.45) is 8.09. The number of aromatic amines is 1. The van der Waals surface area contributed by atoms with E-state index in [4.69, 9.17) is 0 Å². The van der Waals surface area contributed by atoms with Crippen LogP contribution in [0.1, 0.15) is 50.1 Å². The van der Waals surface area contributed by atoms with Crippen molar-refractivity contribution in [3.05, 3.63) is 36.0 Å². The lowest BCUT2D eigenvalue weighted by atomic mass is 9.94. The molecule has 2 heterocycles. The largest absolute Gasteiger partial charge is 0.361 e. The van der Waals surface area contributed by atoms with Crippen molar-refractivity contribution in [1.82, 2.24) is 15.2 Å². The number of carbonyl (C=O) groups is 2. The van der Waals surface area contributed by atoms with Gasteiger partial charge in [0.15, 0.2) is 0 Å². The van der Waals surface area contributed by atoms with Gasteiger partial charge >= 0.3 is 0 Å². The van der Waals surface area contributed by atoms with Gasteiger partial charge in [-0.25, -0.2) is 0 Å². The highest BCUT2D eigenvalue weighted by Crippen LogP contribution is 2.32. The third-order valence-electron chi connectivity index (χ3n) is 5.31. The Labute approximate surface area is 141 Å². The average molecular weight is 325 g/mol. The van der Waals surface area contributed by atoms with Crippen LogP contribution in [0.3, 0.4) is 0 Å². The number of fused-ring (bicyclic) bond motifs is 1. The molecule has 2 fully saturated rings. The maximum Gasteiger partial charge on any atom is 0.247 e. The first-order valence-corrected chi connectivity index (χ1v) is 8.90. The van der Waals surface area contributed by atoms with Gasteiger partial charge in [0.25, 0.3) is 0 Å². The normalized spacial score (nSPS) is 20.0. The molecule has 1 aromatic heterocycles. The molecule has 1 saturated heterocycles. The number of aromatic nitrogens is 1. The standard InChI is InChI=1S/C19H23N3O2/c23-17-10-11-22(17)18(19(24)21-13-6-2-1-3-7-13)15-12-20-16-9-5-4-8-14(15)16/h4-5,8-9,12-13,18,20H,1-3,6-7,10-11H2,(H,21,24)/t18-/m1/s1. The summed E-state index contributed by atoms with van der Waals surface area (Å²) < 4.78 is 0. The number of para-hydroxylation sites is 1. The average Bonchev–Trinajstić information content (AvgIpc) is 3.02. The number of likely N-dealkylation sites (tertiary alicyclic amines) is 1. The lowest BCUT2D eigenvalue weighted by molar-refractivity contribution is -0.149.